The smallest absolute Gasteiger partial charge is 0.252 e. The van der Waals surface area contributed by atoms with Crippen molar-refractivity contribution in [3.8, 4) is 6.07 Å². The van der Waals surface area contributed by atoms with Gasteiger partial charge in [0.05, 0.1) is 6.10 Å². The number of likely N-dealkylation sites (N-methyl/N-ethyl adjacent to an activating group) is 1. The highest BCUT2D eigenvalue weighted by Gasteiger charge is 2.23. The topological polar surface area (TPSA) is 81.4 Å². The van der Waals surface area contributed by atoms with Gasteiger partial charge in [0.1, 0.15) is 15.2 Å². The maximum absolute atomic E-state index is 11.9. The van der Waals surface area contributed by atoms with Crippen LogP contribution >= 0.6 is 11.3 Å². The van der Waals surface area contributed by atoms with Crippen LogP contribution in [0, 0.1) is 11.3 Å². The third-order valence-corrected chi connectivity index (χ3v) is 5.16. The first-order valence-corrected chi connectivity index (χ1v) is 6.78. The first-order chi connectivity index (χ1) is 7.37. The summed E-state index contributed by atoms with van der Waals surface area (Å²) in [7, 11) is -2.19. The van der Waals surface area contributed by atoms with E-state index < -0.39 is 16.1 Å². The van der Waals surface area contributed by atoms with Crippen molar-refractivity contribution in [1.82, 2.24) is 4.31 Å². The molecular weight excluding hydrogens is 248 g/mol. The second kappa shape index (κ2) is 4.93. The molecule has 0 fully saturated rings. The first-order valence-electron chi connectivity index (χ1n) is 4.52. The number of hydrogen-bond acceptors (Lipinski definition) is 5. The Morgan fingerprint density at radius 3 is 2.69 bits per heavy atom. The molecule has 1 atom stereocenters. The molecule has 0 spiro atoms. The van der Waals surface area contributed by atoms with E-state index in [2.05, 4.69) is 0 Å². The molecule has 0 saturated carbocycles. The summed E-state index contributed by atoms with van der Waals surface area (Å²) in [5.74, 6) is 0. The highest BCUT2D eigenvalue weighted by molar-refractivity contribution is 7.91. The summed E-state index contributed by atoms with van der Waals surface area (Å²) < 4.78 is 25.0. The molecule has 0 aliphatic carbocycles. The third kappa shape index (κ3) is 2.80. The molecule has 0 radical (unpaired) electrons. The number of nitrogens with zero attached hydrogens (tertiary/aromatic N) is 2. The minimum atomic E-state index is -3.58. The van der Waals surface area contributed by atoms with Gasteiger partial charge in [0.25, 0.3) is 10.0 Å². The van der Waals surface area contributed by atoms with E-state index in [-0.39, 0.29) is 10.8 Å². The van der Waals surface area contributed by atoms with Crippen molar-refractivity contribution in [3.63, 3.8) is 0 Å². The molecule has 1 aromatic rings. The number of thiophene rings is 1. The number of hydrogen-bond donors (Lipinski definition) is 1. The van der Waals surface area contributed by atoms with E-state index in [9.17, 15) is 8.42 Å². The fourth-order valence-corrected chi connectivity index (χ4v) is 3.71. The Morgan fingerprint density at radius 1 is 1.62 bits per heavy atom. The van der Waals surface area contributed by atoms with E-state index in [1.807, 2.05) is 6.07 Å². The highest BCUT2D eigenvalue weighted by Crippen LogP contribution is 2.23. The van der Waals surface area contributed by atoms with E-state index in [1.54, 1.807) is 0 Å². The lowest BCUT2D eigenvalue weighted by molar-refractivity contribution is 0.171. The second-order valence-corrected chi connectivity index (χ2v) is 6.72. The quantitative estimate of drug-likeness (QED) is 0.860. The molecule has 0 amide bonds. The maximum atomic E-state index is 11.9. The van der Waals surface area contributed by atoms with Crippen LogP contribution < -0.4 is 0 Å². The number of rotatable bonds is 4. The minimum absolute atomic E-state index is 0.0299. The molecule has 1 heterocycles. The first kappa shape index (κ1) is 13.1. The molecule has 7 heteroatoms. The van der Waals surface area contributed by atoms with Crippen LogP contribution in [-0.4, -0.2) is 37.5 Å². The van der Waals surface area contributed by atoms with Gasteiger partial charge >= 0.3 is 0 Å². The summed E-state index contributed by atoms with van der Waals surface area (Å²) in [5.41, 5.74) is 0. The average Bonchev–Trinajstić information content (AvgIpc) is 2.65. The monoisotopic (exact) mass is 260 g/mol. The Kier molecular flexibility index (Phi) is 4.04. The van der Waals surface area contributed by atoms with Crippen molar-refractivity contribution in [2.24, 2.45) is 0 Å². The Morgan fingerprint density at radius 2 is 2.25 bits per heavy atom. The van der Waals surface area contributed by atoms with Crippen molar-refractivity contribution >= 4 is 21.4 Å². The molecule has 0 aromatic carbocycles. The molecule has 1 N–H and O–H groups in total. The lowest BCUT2D eigenvalue weighted by Crippen LogP contribution is -2.32. The number of aliphatic hydroxyl groups is 1. The van der Waals surface area contributed by atoms with Crippen molar-refractivity contribution < 1.29 is 13.5 Å². The predicted molar refractivity (Wildman–Crippen MR) is 60.5 cm³/mol. The standard InChI is InChI=1S/C9H12N2O3S2/c1-7(12)6-11(2)16(13,14)9-4-3-8(5-10)15-9/h3-4,7,12H,6H2,1-2H3. The summed E-state index contributed by atoms with van der Waals surface area (Å²) in [5, 5.41) is 17.7. The van der Waals surface area contributed by atoms with Gasteiger partial charge in [-0.25, -0.2) is 8.42 Å². The molecule has 0 aliphatic rings. The second-order valence-electron chi connectivity index (χ2n) is 3.37. The van der Waals surface area contributed by atoms with Crippen LogP contribution in [-0.2, 0) is 10.0 Å². The Balaban J connectivity index is 2.98. The van der Waals surface area contributed by atoms with E-state index >= 15 is 0 Å². The van der Waals surface area contributed by atoms with Crippen molar-refractivity contribution in [1.29, 1.82) is 5.26 Å². The summed E-state index contributed by atoms with van der Waals surface area (Å²) in [6.45, 7) is 1.54. The van der Waals surface area contributed by atoms with Gasteiger partial charge in [0.2, 0.25) is 0 Å². The molecule has 0 bridgehead atoms. The van der Waals surface area contributed by atoms with Crippen LogP contribution in [0.25, 0.3) is 0 Å². The molecule has 1 unspecified atom stereocenters. The Labute approximate surface area is 98.6 Å². The molecule has 1 aromatic heterocycles. The van der Waals surface area contributed by atoms with E-state index in [0.29, 0.717) is 4.88 Å². The maximum Gasteiger partial charge on any atom is 0.252 e. The van der Waals surface area contributed by atoms with Gasteiger partial charge in [-0.1, -0.05) is 0 Å². The van der Waals surface area contributed by atoms with E-state index in [1.165, 1.54) is 26.1 Å². The molecular formula is C9H12N2O3S2. The van der Waals surface area contributed by atoms with Crippen molar-refractivity contribution in [2.45, 2.75) is 17.2 Å². The SMILES string of the molecule is CC(O)CN(C)S(=O)(=O)c1ccc(C#N)s1. The number of aliphatic hydroxyl groups excluding tert-OH is 1. The zero-order valence-corrected chi connectivity index (χ0v) is 10.5. The number of sulfonamides is 1. The summed E-state index contributed by atoms with van der Waals surface area (Å²) in [4.78, 5) is 0.351. The molecule has 0 aliphatic heterocycles. The van der Waals surface area contributed by atoms with Gasteiger partial charge in [0.15, 0.2) is 0 Å². The molecule has 1 rings (SSSR count). The zero-order chi connectivity index (χ0) is 12.3. The Hall–Kier alpha value is -0.940. The van der Waals surface area contributed by atoms with E-state index in [0.717, 1.165) is 15.6 Å². The van der Waals surface area contributed by atoms with Gasteiger partial charge in [0, 0.05) is 13.6 Å². The highest BCUT2D eigenvalue weighted by atomic mass is 32.2. The van der Waals surface area contributed by atoms with Crippen LogP contribution in [0.3, 0.4) is 0 Å². The fraction of sp³-hybridized carbons (Fsp3) is 0.444. The van der Waals surface area contributed by atoms with E-state index in [4.69, 9.17) is 10.4 Å². The molecule has 5 nitrogen and oxygen atoms in total. The predicted octanol–water partition coefficient (Wildman–Crippen LogP) is 0.621. The van der Waals surface area contributed by atoms with Crippen LogP contribution in [0.15, 0.2) is 16.3 Å². The van der Waals surface area contributed by atoms with Gasteiger partial charge in [-0.15, -0.1) is 11.3 Å². The van der Waals surface area contributed by atoms with Crippen LogP contribution in [0.2, 0.25) is 0 Å². The zero-order valence-electron chi connectivity index (χ0n) is 8.91. The van der Waals surface area contributed by atoms with Crippen molar-refractivity contribution in [2.75, 3.05) is 13.6 Å². The van der Waals surface area contributed by atoms with Gasteiger partial charge in [-0.2, -0.15) is 9.57 Å². The van der Waals surface area contributed by atoms with Crippen LogP contribution in [0.1, 0.15) is 11.8 Å². The minimum Gasteiger partial charge on any atom is -0.392 e. The van der Waals surface area contributed by atoms with Crippen LogP contribution in [0.5, 0.6) is 0 Å². The fourth-order valence-electron chi connectivity index (χ4n) is 1.14. The summed E-state index contributed by atoms with van der Waals surface area (Å²) >= 11 is 0.923. The third-order valence-electron chi connectivity index (χ3n) is 1.88. The van der Waals surface area contributed by atoms with Gasteiger partial charge < -0.3 is 5.11 Å². The van der Waals surface area contributed by atoms with Crippen LogP contribution in [0.4, 0.5) is 0 Å². The summed E-state index contributed by atoms with van der Waals surface area (Å²) in [6.07, 6.45) is -0.727. The normalized spacial score (nSPS) is 13.7. The molecule has 16 heavy (non-hydrogen) atoms. The average molecular weight is 260 g/mol. The lowest BCUT2D eigenvalue weighted by Gasteiger charge is -2.17. The Bertz CT molecular complexity index is 499. The van der Waals surface area contributed by atoms with Gasteiger partial charge in [-0.05, 0) is 19.1 Å². The lowest BCUT2D eigenvalue weighted by atomic mass is 10.4. The molecule has 88 valence electrons. The van der Waals surface area contributed by atoms with Crippen molar-refractivity contribution in [3.05, 3.63) is 17.0 Å². The molecule has 0 saturated heterocycles. The summed E-state index contributed by atoms with van der Waals surface area (Å²) in [6, 6.07) is 4.75. The van der Waals surface area contributed by atoms with Gasteiger partial charge in [-0.3, -0.25) is 0 Å². The number of nitriles is 1. The largest absolute Gasteiger partial charge is 0.392 e.